The minimum atomic E-state index is -0.153. The number of fused-ring (bicyclic) bond motifs is 1. The molecule has 32 heavy (non-hydrogen) atoms. The molecule has 2 aromatic rings. The number of carbonyl (C=O) groups excluding carboxylic acids is 1. The Labute approximate surface area is 189 Å². The van der Waals surface area contributed by atoms with E-state index in [2.05, 4.69) is 46.2 Å². The number of hydrogen-bond donors (Lipinski definition) is 2. The number of pyridine rings is 1. The summed E-state index contributed by atoms with van der Waals surface area (Å²) < 4.78 is 8.07. The highest BCUT2D eigenvalue weighted by atomic mass is 16.5. The molecule has 4 heterocycles. The Morgan fingerprint density at radius 2 is 2.22 bits per heavy atom. The van der Waals surface area contributed by atoms with Gasteiger partial charge in [-0.2, -0.15) is 5.10 Å². The van der Waals surface area contributed by atoms with Crippen LogP contribution in [0.15, 0.2) is 36.8 Å². The van der Waals surface area contributed by atoms with Crippen LogP contribution in [0.2, 0.25) is 0 Å². The Morgan fingerprint density at radius 1 is 1.44 bits per heavy atom. The molecule has 2 atom stereocenters. The summed E-state index contributed by atoms with van der Waals surface area (Å²) in [5.41, 5.74) is 5.38. The van der Waals surface area contributed by atoms with Crippen LogP contribution in [0, 0.1) is 5.92 Å². The maximum atomic E-state index is 11.6. The maximum Gasteiger partial charge on any atom is 0.225 e. The SMILES string of the molecule is C=C=C/C(=C\N(C)C1CCNCC1)c1cc2nn(C)cc2c(O[C@H](C)[C@H]2CNC(=O)C2)n1. The quantitative estimate of drug-likeness (QED) is 0.512. The average Bonchev–Trinajstić information content (AvgIpc) is 3.39. The molecule has 2 aliphatic heterocycles. The van der Waals surface area contributed by atoms with Gasteiger partial charge in [0.1, 0.15) is 6.10 Å². The van der Waals surface area contributed by atoms with Gasteiger partial charge >= 0.3 is 0 Å². The smallest absolute Gasteiger partial charge is 0.225 e. The highest BCUT2D eigenvalue weighted by molar-refractivity contribution is 5.87. The first kappa shape index (κ1) is 22.1. The van der Waals surface area contributed by atoms with Crippen molar-refractivity contribution < 1.29 is 9.53 Å². The van der Waals surface area contributed by atoms with Crippen LogP contribution in [0.3, 0.4) is 0 Å². The highest BCUT2D eigenvalue weighted by Gasteiger charge is 2.29. The molecule has 2 fully saturated rings. The lowest BCUT2D eigenvalue weighted by Gasteiger charge is -2.31. The van der Waals surface area contributed by atoms with Crippen LogP contribution >= 0.6 is 0 Å². The van der Waals surface area contributed by atoms with Gasteiger partial charge in [0.05, 0.1) is 16.6 Å². The lowest BCUT2D eigenvalue weighted by Crippen LogP contribution is -2.38. The highest BCUT2D eigenvalue weighted by Crippen LogP contribution is 2.30. The van der Waals surface area contributed by atoms with Gasteiger partial charge in [-0.05, 0) is 45.0 Å². The predicted molar refractivity (Wildman–Crippen MR) is 125 cm³/mol. The third-order valence-corrected chi connectivity index (χ3v) is 6.33. The molecule has 8 nitrogen and oxygen atoms in total. The summed E-state index contributed by atoms with van der Waals surface area (Å²) in [6.07, 6.45) is 8.40. The number of rotatable bonds is 7. The Balaban J connectivity index is 1.68. The number of allylic oxidation sites excluding steroid dienone is 2. The van der Waals surface area contributed by atoms with Crippen LogP contribution in [0.5, 0.6) is 5.88 Å². The van der Waals surface area contributed by atoms with E-state index in [1.807, 2.05) is 32.3 Å². The predicted octanol–water partition coefficient (Wildman–Crippen LogP) is 2.24. The lowest BCUT2D eigenvalue weighted by molar-refractivity contribution is -0.119. The van der Waals surface area contributed by atoms with E-state index in [9.17, 15) is 4.79 Å². The Hall–Kier alpha value is -3.09. The molecule has 0 radical (unpaired) electrons. The second kappa shape index (κ2) is 9.59. The zero-order chi connectivity index (χ0) is 22.7. The molecule has 170 valence electrons. The van der Waals surface area contributed by atoms with Crippen molar-refractivity contribution in [2.75, 3.05) is 26.7 Å². The molecule has 0 unspecified atom stereocenters. The zero-order valence-electron chi connectivity index (χ0n) is 19.1. The van der Waals surface area contributed by atoms with Crippen molar-refractivity contribution in [3.8, 4) is 5.88 Å². The van der Waals surface area contributed by atoms with Gasteiger partial charge in [0.2, 0.25) is 11.8 Å². The number of ether oxygens (including phenoxy) is 1. The summed E-state index contributed by atoms with van der Waals surface area (Å²) >= 11 is 0. The van der Waals surface area contributed by atoms with Gasteiger partial charge in [-0.1, -0.05) is 6.58 Å². The molecule has 2 N–H and O–H groups in total. The normalized spacial score (nSPS) is 20.7. The molecule has 0 aliphatic carbocycles. The number of nitrogens with zero attached hydrogens (tertiary/aromatic N) is 4. The van der Waals surface area contributed by atoms with Gasteiger partial charge in [0.15, 0.2) is 0 Å². The van der Waals surface area contributed by atoms with Gasteiger partial charge in [0, 0.05) is 57.0 Å². The van der Waals surface area contributed by atoms with Crippen molar-refractivity contribution in [2.45, 2.75) is 38.3 Å². The third-order valence-electron chi connectivity index (χ3n) is 6.33. The van der Waals surface area contributed by atoms with Crippen molar-refractivity contribution >= 4 is 22.4 Å². The maximum absolute atomic E-state index is 11.6. The van der Waals surface area contributed by atoms with E-state index >= 15 is 0 Å². The third kappa shape index (κ3) is 4.87. The van der Waals surface area contributed by atoms with E-state index in [1.54, 1.807) is 4.68 Å². The lowest BCUT2D eigenvalue weighted by atomic mass is 10.0. The molecular weight excluding hydrogens is 404 g/mol. The first-order valence-electron chi connectivity index (χ1n) is 11.2. The monoisotopic (exact) mass is 436 g/mol. The summed E-state index contributed by atoms with van der Waals surface area (Å²) in [4.78, 5) is 18.8. The molecule has 0 spiro atoms. The van der Waals surface area contributed by atoms with E-state index in [4.69, 9.17) is 9.72 Å². The Kier molecular flexibility index (Phi) is 6.63. The largest absolute Gasteiger partial charge is 0.474 e. The fraction of sp³-hybridized carbons (Fsp3) is 0.500. The first-order chi connectivity index (χ1) is 15.4. The standard InChI is InChI=1S/C24H32N6O2/c1-5-6-17(14-29(3)19-7-9-25-10-8-19)21-12-22-20(15-30(4)28-22)24(27-21)32-16(2)18-11-23(31)26-13-18/h6,12,14-16,18-19,25H,1,7-11,13H2,2-4H3,(H,26,31)/b17-14+/t16-,18-/m1/s1. The minimum Gasteiger partial charge on any atom is -0.474 e. The fourth-order valence-electron chi connectivity index (χ4n) is 4.40. The van der Waals surface area contributed by atoms with Gasteiger partial charge in [-0.25, -0.2) is 4.98 Å². The number of aromatic nitrogens is 3. The van der Waals surface area contributed by atoms with E-state index in [-0.39, 0.29) is 17.9 Å². The molecule has 4 rings (SSSR count). The van der Waals surface area contributed by atoms with E-state index < -0.39 is 0 Å². The Bertz CT molecular complexity index is 1060. The van der Waals surface area contributed by atoms with Crippen molar-refractivity contribution in [1.29, 1.82) is 0 Å². The molecule has 2 saturated heterocycles. The van der Waals surface area contributed by atoms with E-state index in [0.717, 1.165) is 48.1 Å². The van der Waals surface area contributed by atoms with Gasteiger partial charge < -0.3 is 20.3 Å². The van der Waals surface area contributed by atoms with Crippen LogP contribution in [0.4, 0.5) is 0 Å². The zero-order valence-corrected chi connectivity index (χ0v) is 19.1. The fourth-order valence-corrected chi connectivity index (χ4v) is 4.40. The molecule has 1 amide bonds. The van der Waals surface area contributed by atoms with Crippen LogP contribution in [-0.4, -0.2) is 64.4 Å². The van der Waals surface area contributed by atoms with Crippen LogP contribution < -0.4 is 15.4 Å². The molecule has 0 aromatic carbocycles. The number of aryl methyl sites for hydroxylation is 1. The van der Waals surface area contributed by atoms with Crippen molar-refractivity contribution in [3.05, 3.63) is 42.5 Å². The average molecular weight is 437 g/mol. The number of nitrogens with one attached hydrogen (secondary N) is 2. The topological polar surface area (TPSA) is 84.3 Å². The van der Waals surface area contributed by atoms with Crippen LogP contribution in [0.1, 0.15) is 31.9 Å². The van der Waals surface area contributed by atoms with Crippen LogP contribution in [0.25, 0.3) is 16.5 Å². The molecular formula is C24H32N6O2. The first-order valence-corrected chi connectivity index (χ1v) is 11.2. The number of hydrogen-bond acceptors (Lipinski definition) is 6. The van der Waals surface area contributed by atoms with Gasteiger partial charge in [-0.15, -0.1) is 5.73 Å². The summed E-state index contributed by atoms with van der Waals surface area (Å²) in [7, 11) is 3.99. The van der Waals surface area contributed by atoms with E-state index in [0.29, 0.717) is 24.9 Å². The molecule has 8 heteroatoms. The molecule has 2 aromatic heterocycles. The second-order valence-electron chi connectivity index (χ2n) is 8.72. The number of piperidine rings is 1. The van der Waals surface area contributed by atoms with Crippen molar-refractivity contribution in [2.24, 2.45) is 13.0 Å². The molecule has 0 bridgehead atoms. The Morgan fingerprint density at radius 3 is 2.91 bits per heavy atom. The van der Waals surface area contributed by atoms with Crippen molar-refractivity contribution in [3.63, 3.8) is 0 Å². The summed E-state index contributed by atoms with van der Waals surface area (Å²) in [5.74, 6) is 0.722. The van der Waals surface area contributed by atoms with Gasteiger partial charge in [-0.3, -0.25) is 9.48 Å². The molecule has 0 saturated carbocycles. The molecule has 2 aliphatic rings. The summed E-state index contributed by atoms with van der Waals surface area (Å²) in [6, 6.07) is 2.45. The van der Waals surface area contributed by atoms with Crippen LogP contribution in [-0.2, 0) is 11.8 Å². The minimum absolute atomic E-state index is 0.0703. The number of amides is 1. The summed E-state index contributed by atoms with van der Waals surface area (Å²) in [5, 5.41) is 11.7. The summed E-state index contributed by atoms with van der Waals surface area (Å²) in [6.45, 7) is 8.45. The van der Waals surface area contributed by atoms with E-state index in [1.165, 1.54) is 0 Å². The van der Waals surface area contributed by atoms with Gasteiger partial charge in [0.25, 0.3) is 0 Å². The number of carbonyl (C=O) groups is 1. The second-order valence-corrected chi connectivity index (χ2v) is 8.72. The van der Waals surface area contributed by atoms with Crippen molar-refractivity contribution in [1.82, 2.24) is 30.3 Å².